The third kappa shape index (κ3) is 4.33. The van der Waals surface area contributed by atoms with Crippen LogP contribution in [-0.2, 0) is 4.79 Å². The molecular formula is C22H26FN5O2S. The fourth-order valence-corrected chi connectivity index (χ4v) is 4.99. The number of carbonyl (C=O) groups excluding carboxylic acids is 2. The number of rotatable bonds is 7. The van der Waals surface area contributed by atoms with Crippen LogP contribution in [0.25, 0.3) is 0 Å². The maximum absolute atomic E-state index is 14.4. The summed E-state index contributed by atoms with van der Waals surface area (Å²) in [4.78, 5) is 28.0. The van der Waals surface area contributed by atoms with E-state index in [4.69, 9.17) is 0 Å². The SMILES string of the molecule is CC(=O)c1ccc(N2CCN(C(=O)CSc3nnc(C4CC4)n3C3CC3)CC2)c(F)c1. The number of aromatic nitrogens is 3. The molecule has 9 heteroatoms. The molecule has 0 radical (unpaired) electrons. The molecule has 1 aromatic heterocycles. The van der Waals surface area contributed by atoms with Gasteiger partial charge >= 0.3 is 0 Å². The van der Waals surface area contributed by atoms with E-state index in [1.165, 1.54) is 50.4 Å². The van der Waals surface area contributed by atoms with Crippen LogP contribution in [0.2, 0.25) is 0 Å². The minimum Gasteiger partial charge on any atom is -0.366 e. The number of Topliss-reactive ketones (excluding diaryl/α,β-unsaturated/α-hetero) is 1. The Morgan fingerprint density at radius 1 is 1.10 bits per heavy atom. The van der Waals surface area contributed by atoms with Gasteiger partial charge in [-0.3, -0.25) is 9.59 Å². The second-order valence-electron chi connectivity index (χ2n) is 8.60. The lowest BCUT2D eigenvalue weighted by Crippen LogP contribution is -2.49. The Balaban J connectivity index is 1.16. The summed E-state index contributed by atoms with van der Waals surface area (Å²) in [6.45, 7) is 3.66. The zero-order valence-electron chi connectivity index (χ0n) is 17.6. The van der Waals surface area contributed by atoms with E-state index in [9.17, 15) is 14.0 Å². The lowest BCUT2D eigenvalue weighted by molar-refractivity contribution is -0.128. The van der Waals surface area contributed by atoms with Gasteiger partial charge in [-0.15, -0.1) is 10.2 Å². The van der Waals surface area contributed by atoms with Crippen molar-refractivity contribution in [2.24, 2.45) is 0 Å². The van der Waals surface area contributed by atoms with Crippen LogP contribution in [0.4, 0.5) is 10.1 Å². The van der Waals surface area contributed by atoms with Gasteiger partial charge in [-0.25, -0.2) is 4.39 Å². The average molecular weight is 444 g/mol. The first-order chi connectivity index (χ1) is 15.0. The molecule has 2 saturated carbocycles. The van der Waals surface area contributed by atoms with Gasteiger partial charge in [0.1, 0.15) is 11.6 Å². The van der Waals surface area contributed by atoms with Crippen LogP contribution < -0.4 is 4.90 Å². The Bertz CT molecular complexity index is 1010. The van der Waals surface area contributed by atoms with Crippen molar-refractivity contribution < 1.29 is 14.0 Å². The minimum atomic E-state index is -0.395. The van der Waals surface area contributed by atoms with Crippen LogP contribution >= 0.6 is 11.8 Å². The monoisotopic (exact) mass is 443 g/mol. The number of benzene rings is 1. The molecule has 0 unspecified atom stereocenters. The van der Waals surface area contributed by atoms with Gasteiger partial charge in [-0.05, 0) is 50.8 Å². The van der Waals surface area contributed by atoms with E-state index < -0.39 is 5.82 Å². The Labute approximate surface area is 185 Å². The van der Waals surface area contributed by atoms with E-state index in [-0.39, 0.29) is 11.7 Å². The Morgan fingerprint density at radius 2 is 1.84 bits per heavy atom. The molecule has 0 bridgehead atoms. The molecule has 31 heavy (non-hydrogen) atoms. The second kappa shape index (κ2) is 8.26. The number of thioether (sulfide) groups is 1. The number of hydrogen-bond donors (Lipinski definition) is 0. The molecule has 0 spiro atoms. The molecule has 1 amide bonds. The lowest BCUT2D eigenvalue weighted by Gasteiger charge is -2.36. The first-order valence-corrected chi connectivity index (χ1v) is 11.9. The lowest BCUT2D eigenvalue weighted by atomic mass is 10.1. The van der Waals surface area contributed by atoms with Crippen molar-refractivity contribution in [3.8, 4) is 0 Å². The summed E-state index contributed by atoms with van der Waals surface area (Å²) in [7, 11) is 0. The summed E-state index contributed by atoms with van der Waals surface area (Å²) in [5, 5.41) is 9.64. The predicted molar refractivity (Wildman–Crippen MR) is 116 cm³/mol. The average Bonchev–Trinajstić information content (AvgIpc) is 3.71. The van der Waals surface area contributed by atoms with E-state index in [1.807, 2.05) is 9.80 Å². The molecule has 164 valence electrons. The van der Waals surface area contributed by atoms with E-state index in [0.717, 1.165) is 11.0 Å². The van der Waals surface area contributed by atoms with Crippen LogP contribution in [0, 0.1) is 5.82 Å². The molecule has 1 aliphatic heterocycles. The standard InChI is InChI=1S/C22H26FN5O2S/c1-14(29)16-4-7-19(18(23)12-16)26-8-10-27(11-9-26)20(30)13-31-22-25-24-21(15-2-3-15)28(22)17-5-6-17/h4,7,12,15,17H,2-3,5-6,8-11,13H2,1H3. The van der Waals surface area contributed by atoms with Crippen molar-refractivity contribution in [2.75, 3.05) is 36.8 Å². The van der Waals surface area contributed by atoms with Gasteiger partial charge in [0.25, 0.3) is 0 Å². The highest BCUT2D eigenvalue weighted by molar-refractivity contribution is 7.99. The molecule has 1 aromatic carbocycles. The van der Waals surface area contributed by atoms with Crippen molar-refractivity contribution in [2.45, 2.75) is 49.7 Å². The smallest absolute Gasteiger partial charge is 0.233 e. The Hall–Kier alpha value is -2.42. The Morgan fingerprint density at radius 3 is 2.45 bits per heavy atom. The molecular weight excluding hydrogens is 417 g/mol. The second-order valence-corrected chi connectivity index (χ2v) is 9.54. The summed E-state index contributed by atoms with van der Waals surface area (Å²) in [6.07, 6.45) is 4.73. The maximum atomic E-state index is 14.4. The topological polar surface area (TPSA) is 71.3 Å². The van der Waals surface area contributed by atoms with Gasteiger partial charge in [0.15, 0.2) is 10.9 Å². The zero-order valence-corrected chi connectivity index (χ0v) is 18.4. The van der Waals surface area contributed by atoms with Gasteiger partial charge < -0.3 is 14.4 Å². The van der Waals surface area contributed by atoms with Gasteiger partial charge in [0, 0.05) is 43.7 Å². The molecule has 2 aliphatic carbocycles. The molecule has 2 heterocycles. The normalized spacial score (nSPS) is 19.0. The van der Waals surface area contributed by atoms with E-state index in [2.05, 4.69) is 14.8 Å². The minimum absolute atomic E-state index is 0.0790. The van der Waals surface area contributed by atoms with Crippen molar-refractivity contribution in [1.82, 2.24) is 19.7 Å². The van der Waals surface area contributed by atoms with Crippen LogP contribution in [0.1, 0.15) is 60.7 Å². The van der Waals surface area contributed by atoms with Gasteiger partial charge in [0.05, 0.1) is 11.4 Å². The summed E-state index contributed by atoms with van der Waals surface area (Å²) in [5.74, 6) is 1.53. The van der Waals surface area contributed by atoms with Crippen molar-refractivity contribution in [1.29, 1.82) is 0 Å². The third-order valence-corrected chi connectivity index (χ3v) is 7.13. The number of hydrogen-bond acceptors (Lipinski definition) is 6. The fourth-order valence-electron chi connectivity index (χ4n) is 4.08. The van der Waals surface area contributed by atoms with Gasteiger partial charge in [0.2, 0.25) is 5.91 Å². The van der Waals surface area contributed by atoms with Crippen LogP contribution in [-0.4, -0.2) is 63.3 Å². The predicted octanol–water partition coefficient (Wildman–Crippen LogP) is 3.27. The number of amides is 1. The number of piperazine rings is 1. The molecule has 7 nitrogen and oxygen atoms in total. The fraction of sp³-hybridized carbons (Fsp3) is 0.545. The number of ketones is 1. The number of halogens is 1. The summed E-state index contributed by atoms with van der Waals surface area (Å²) >= 11 is 1.48. The van der Waals surface area contributed by atoms with Crippen molar-refractivity contribution >= 4 is 29.1 Å². The number of anilines is 1. The number of nitrogens with zero attached hydrogens (tertiary/aromatic N) is 5. The van der Waals surface area contributed by atoms with E-state index in [0.29, 0.717) is 55.1 Å². The van der Waals surface area contributed by atoms with E-state index >= 15 is 0 Å². The maximum Gasteiger partial charge on any atom is 0.233 e. The molecule has 3 fully saturated rings. The molecule has 1 saturated heterocycles. The highest BCUT2D eigenvalue weighted by Crippen LogP contribution is 2.46. The highest BCUT2D eigenvalue weighted by atomic mass is 32.2. The van der Waals surface area contributed by atoms with Crippen molar-refractivity contribution in [3.05, 3.63) is 35.4 Å². The van der Waals surface area contributed by atoms with Crippen LogP contribution in [0.3, 0.4) is 0 Å². The molecule has 0 N–H and O–H groups in total. The largest absolute Gasteiger partial charge is 0.366 e. The number of carbonyl (C=O) groups is 2. The highest BCUT2D eigenvalue weighted by Gasteiger charge is 2.36. The molecule has 3 aliphatic rings. The zero-order chi connectivity index (χ0) is 21.5. The van der Waals surface area contributed by atoms with Crippen molar-refractivity contribution in [3.63, 3.8) is 0 Å². The van der Waals surface area contributed by atoms with Gasteiger partial charge in [-0.2, -0.15) is 0 Å². The first-order valence-electron chi connectivity index (χ1n) is 10.9. The Kier molecular flexibility index (Phi) is 5.45. The summed E-state index contributed by atoms with van der Waals surface area (Å²) in [5.41, 5.74) is 0.854. The van der Waals surface area contributed by atoms with Crippen LogP contribution in [0.15, 0.2) is 23.4 Å². The molecule has 0 atom stereocenters. The van der Waals surface area contributed by atoms with E-state index in [1.54, 1.807) is 12.1 Å². The summed E-state index contributed by atoms with van der Waals surface area (Å²) in [6, 6.07) is 5.11. The summed E-state index contributed by atoms with van der Waals surface area (Å²) < 4.78 is 16.7. The quantitative estimate of drug-likeness (QED) is 0.483. The molecule has 2 aromatic rings. The third-order valence-electron chi connectivity index (χ3n) is 6.20. The molecule has 5 rings (SSSR count). The van der Waals surface area contributed by atoms with Crippen LogP contribution in [0.5, 0.6) is 0 Å². The first kappa shape index (κ1) is 20.5. The van der Waals surface area contributed by atoms with Gasteiger partial charge in [-0.1, -0.05) is 11.8 Å².